The molecule has 2 aliphatic rings. The largest absolute Gasteiger partial charge is 0.356 e. The van der Waals surface area contributed by atoms with Gasteiger partial charge in [0.25, 0.3) is 0 Å². The van der Waals surface area contributed by atoms with E-state index in [4.69, 9.17) is 9.97 Å². The molecule has 0 saturated carbocycles. The van der Waals surface area contributed by atoms with Crippen LogP contribution in [-0.4, -0.2) is 61.2 Å². The number of aromatic nitrogens is 6. The monoisotopic (exact) mass is 478 g/mol. The number of hydrogen-bond acceptors (Lipinski definition) is 6. The second kappa shape index (κ2) is 9.02. The van der Waals surface area contributed by atoms with E-state index >= 15 is 0 Å². The molecule has 5 aromatic rings. The summed E-state index contributed by atoms with van der Waals surface area (Å²) < 4.78 is 0. The third-order valence-corrected chi connectivity index (χ3v) is 7.54. The predicted molar refractivity (Wildman–Crippen MR) is 143 cm³/mol. The van der Waals surface area contributed by atoms with Crippen LogP contribution in [0.25, 0.3) is 44.6 Å². The van der Waals surface area contributed by atoms with Crippen molar-refractivity contribution in [2.75, 3.05) is 31.1 Å². The van der Waals surface area contributed by atoms with Crippen LogP contribution in [0.3, 0.4) is 0 Å². The van der Waals surface area contributed by atoms with Gasteiger partial charge in [0.15, 0.2) is 0 Å². The summed E-state index contributed by atoms with van der Waals surface area (Å²) in [7, 11) is 0. The molecule has 5 aromatic heterocycles. The second-order valence-corrected chi connectivity index (χ2v) is 10.1. The number of nitrogens with one attached hydrogen (secondary N) is 2. The lowest BCUT2D eigenvalue weighted by atomic mass is 10.1. The molecular weight excluding hydrogens is 448 g/mol. The van der Waals surface area contributed by atoms with Gasteiger partial charge in [-0.25, -0.2) is 9.97 Å². The summed E-state index contributed by atoms with van der Waals surface area (Å²) >= 11 is 0. The van der Waals surface area contributed by atoms with Crippen molar-refractivity contribution in [2.24, 2.45) is 0 Å². The highest BCUT2D eigenvalue weighted by molar-refractivity contribution is 5.98. The van der Waals surface area contributed by atoms with Crippen molar-refractivity contribution in [1.82, 2.24) is 35.0 Å². The lowest BCUT2D eigenvalue weighted by Gasteiger charge is -2.28. The van der Waals surface area contributed by atoms with E-state index in [1.54, 1.807) is 0 Å². The van der Waals surface area contributed by atoms with Gasteiger partial charge >= 0.3 is 0 Å². The summed E-state index contributed by atoms with van der Waals surface area (Å²) in [6, 6.07) is 10.5. The van der Waals surface area contributed by atoms with Gasteiger partial charge in [-0.1, -0.05) is 0 Å². The molecule has 2 fully saturated rings. The van der Waals surface area contributed by atoms with E-state index in [2.05, 4.69) is 48.2 Å². The van der Waals surface area contributed by atoms with Gasteiger partial charge in [-0.2, -0.15) is 5.10 Å². The molecule has 8 nitrogen and oxygen atoms in total. The van der Waals surface area contributed by atoms with Crippen molar-refractivity contribution in [2.45, 2.75) is 38.6 Å². The molecule has 0 bridgehead atoms. The zero-order valence-electron chi connectivity index (χ0n) is 20.4. The molecule has 182 valence electrons. The van der Waals surface area contributed by atoms with Gasteiger partial charge < -0.3 is 9.88 Å². The number of anilines is 1. The highest BCUT2D eigenvalue weighted by Gasteiger charge is 2.19. The zero-order chi connectivity index (χ0) is 23.9. The molecule has 8 heteroatoms. The number of fused-ring (bicyclic) bond motifs is 2. The molecule has 7 rings (SSSR count). The minimum Gasteiger partial charge on any atom is -0.356 e. The van der Waals surface area contributed by atoms with Gasteiger partial charge in [-0.3, -0.25) is 15.0 Å². The minimum absolute atomic E-state index is 0.828. The first-order valence-electron chi connectivity index (χ1n) is 13.1. The summed E-state index contributed by atoms with van der Waals surface area (Å²) in [4.78, 5) is 22.8. The smallest absolute Gasteiger partial charge is 0.137 e. The first-order valence-corrected chi connectivity index (χ1v) is 13.1. The van der Waals surface area contributed by atoms with Crippen LogP contribution in [0.1, 0.15) is 37.7 Å². The third kappa shape index (κ3) is 3.91. The van der Waals surface area contributed by atoms with E-state index in [-0.39, 0.29) is 0 Å². The van der Waals surface area contributed by atoms with Crippen LogP contribution in [0, 0.1) is 0 Å². The van der Waals surface area contributed by atoms with Crippen molar-refractivity contribution >= 4 is 27.8 Å². The molecule has 2 saturated heterocycles. The van der Waals surface area contributed by atoms with Crippen LogP contribution in [0.5, 0.6) is 0 Å². The van der Waals surface area contributed by atoms with E-state index in [0.717, 1.165) is 70.0 Å². The number of aromatic amines is 2. The standard InChI is InChI=1S/C28H30N8/c1-2-12-36(13-3-1)28-21-15-25(31-23(21)8-9-30-28)27-26-24(33-34-27)7-6-22(32-26)20-14-19(16-29-17-20)18-35-10-4-5-11-35/h6-9,14-17,31H,1-5,10-13,18H2,(H,33,34). The van der Waals surface area contributed by atoms with Gasteiger partial charge in [0, 0.05) is 49.2 Å². The maximum Gasteiger partial charge on any atom is 0.137 e. The quantitative estimate of drug-likeness (QED) is 0.363. The summed E-state index contributed by atoms with van der Waals surface area (Å²) in [6.07, 6.45) is 12.1. The molecule has 36 heavy (non-hydrogen) atoms. The number of likely N-dealkylation sites (tertiary alicyclic amines) is 1. The molecule has 2 N–H and O–H groups in total. The summed E-state index contributed by atoms with van der Waals surface area (Å²) in [5.41, 5.74) is 7.81. The van der Waals surface area contributed by atoms with Gasteiger partial charge in [0.1, 0.15) is 17.0 Å². The Morgan fingerprint density at radius 3 is 2.61 bits per heavy atom. The molecule has 0 atom stereocenters. The number of hydrogen-bond donors (Lipinski definition) is 2. The molecule has 0 unspecified atom stereocenters. The van der Waals surface area contributed by atoms with E-state index < -0.39 is 0 Å². The first kappa shape index (κ1) is 21.5. The molecule has 2 aliphatic heterocycles. The number of H-pyrrole nitrogens is 2. The van der Waals surface area contributed by atoms with Gasteiger partial charge in [-0.05, 0) is 81.1 Å². The Labute approximate surface area is 209 Å². The average Bonchev–Trinajstić information content (AvgIpc) is 3.68. The topological polar surface area (TPSA) is 89.6 Å². The minimum atomic E-state index is 0.828. The molecule has 0 spiro atoms. The van der Waals surface area contributed by atoms with Crippen molar-refractivity contribution in [3.05, 3.63) is 54.5 Å². The third-order valence-electron chi connectivity index (χ3n) is 7.54. The lowest BCUT2D eigenvalue weighted by Crippen LogP contribution is -2.30. The van der Waals surface area contributed by atoms with Crippen LogP contribution in [0.4, 0.5) is 5.82 Å². The number of pyridine rings is 3. The maximum atomic E-state index is 5.04. The fraction of sp³-hybridized carbons (Fsp3) is 0.357. The Bertz CT molecular complexity index is 1520. The molecular formula is C28H30N8. The Morgan fingerprint density at radius 2 is 1.72 bits per heavy atom. The average molecular weight is 479 g/mol. The van der Waals surface area contributed by atoms with Crippen LogP contribution < -0.4 is 4.90 Å². The van der Waals surface area contributed by atoms with Gasteiger partial charge in [-0.15, -0.1) is 0 Å². The van der Waals surface area contributed by atoms with Gasteiger partial charge in [0.2, 0.25) is 0 Å². The van der Waals surface area contributed by atoms with E-state index in [1.807, 2.05) is 30.7 Å². The van der Waals surface area contributed by atoms with E-state index in [0.29, 0.717) is 0 Å². The van der Waals surface area contributed by atoms with Crippen molar-refractivity contribution < 1.29 is 0 Å². The molecule has 0 amide bonds. The summed E-state index contributed by atoms with van der Waals surface area (Å²) in [5.74, 6) is 1.06. The van der Waals surface area contributed by atoms with Crippen molar-refractivity contribution in [3.63, 3.8) is 0 Å². The fourth-order valence-corrected chi connectivity index (χ4v) is 5.68. The number of nitrogens with zero attached hydrogens (tertiary/aromatic N) is 6. The van der Waals surface area contributed by atoms with E-state index in [9.17, 15) is 0 Å². The van der Waals surface area contributed by atoms with Crippen molar-refractivity contribution in [1.29, 1.82) is 0 Å². The molecule has 7 heterocycles. The van der Waals surface area contributed by atoms with Crippen LogP contribution in [-0.2, 0) is 6.54 Å². The number of piperidine rings is 1. The summed E-state index contributed by atoms with van der Waals surface area (Å²) in [6.45, 7) is 5.42. The second-order valence-electron chi connectivity index (χ2n) is 10.1. The normalized spacial score (nSPS) is 16.9. The lowest BCUT2D eigenvalue weighted by molar-refractivity contribution is 0.331. The fourth-order valence-electron chi connectivity index (χ4n) is 5.68. The van der Waals surface area contributed by atoms with Crippen LogP contribution in [0.2, 0.25) is 0 Å². The summed E-state index contributed by atoms with van der Waals surface area (Å²) in [5, 5.41) is 8.95. The Balaban J connectivity index is 1.25. The van der Waals surface area contributed by atoms with Crippen LogP contribution >= 0.6 is 0 Å². The molecule has 0 radical (unpaired) electrons. The first-order chi connectivity index (χ1) is 17.8. The maximum absolute atomic E-state index is 5.04. The Kier molecular flexibility index (Phi) is 5.39. The van der Waals surface area contributed by atoms with Crippen LogP contribution in [0.15, 0.2) is 48.9 Å². The van der Waals surface area contributed by atoms with Gasteiger partial charge in [0.05, 0.1) is 22.4 Å². The Hall–Kier alpha value is -3.78. The SMILES string of the molecule is c1cc2[nH]c(-c3n[nH]c4ccc(-c5cncc(CN6CCCC6)c5)nc34)cc2c(N2CCCCC2)n1. The molecule has 0 aromatic carbocycles. The number of rotatable bonds is 5. The highest BCUT2D eigenvalue weighted by atomic mass is 15.2. The highest BCUT2D eigenvalue weighted by Crippen LogP contribution is 2.33. The van der Waals surface area contributed by atoms with E-state index in [1.165, 1.54) is 50.8 Å². The zero-order valence-corrected chi connectivity index (χ0v) is 20.4. The van der Waals surface area contributed by atoms with Crippen molar-refractivity contribution in [3.8, 4) is 22.6 Å². The predicted octanol–water partition coefficient (Wildman–Crippen LogP) is 5.15. The Morgan fingerprint density at radius 1 is 0.861 bits per heavy atom. The molecule has 0 aliphatic carbocycles.